The fourth-order valence-electron chi connectivity index (χ4n) is 4.11. The van der Waals surface area contributed by atoms with Crippen molar-refractivity contribution in [1.82, 2.24) is 9.78 Å². The molecule has 1 fully saturated rings. The van der Waals surface area contributed by atoms with E-state index in [9.17, 15) is 8.42 Å². The summed E-state index contributed by atoms with van der Waals surface area (Å²) in [5, 5.41) is 4.77. The molecule has 0 radical (unpaired) electrons. The quantitative estimate of drug-likeness (QED) is 0.563. The van der Waals surface area contributed by atoms with Gasteiger partial charge in [0, 0.05) is 18.3 Å². The molecule has 29 heavy (non-hydrogen) atoms. The molecule has 6 heteroatoms. The average molecular weight is 410 g/mol. The van der Waals surface area contributed by atoms with Gasteiger partial charge in [0.2, 0.25) is 0 Å². The number of hydrogen-bond acceptors (Lipinski definition) is 3. The predicted octanol–water partition coefficient (Wildman–Crippen LogP) is 5.19. The first-order valence-corrected chi connectivity index (χ1v) is 11.7. The van der Waals surface area contributed by atoms with Crippen LogP contribution in [0.2, 0.25) is 0 Å². The number of nitrogens with zero attached hydrogens (tertiary/aromatic N) is 3. The summed E-state index contributed by atoms with van der Waals surface area (Å²) in [5.41, 5.74) is 3.06. The average Bonchev–Trinajstić information content (AvgIpc) is 3.39. The van der Waals surface area contributed by atoms with Gasteiger partial charge in [0.05, 0.1) is 11.7 Å². The molecule has 0 N–H and O–H groups in total. The van der Waals surface area contributed by atoms with Crippen LogP contribution >= 0.6 is 0 Å². The van der Waals surface area contributed by atoms with Gasteiger partial charge >= 0.3 is 0 Å². The topological polar surface area (TPSA) is 55.2 Å². The van der Waals surface area contributed by atoms with Crippen LogP contribution in [-0.2, 0) is 10.0 Å². The first-order chi connectivity index (χ1) is 14.0. The Morgan fingerprint density at radius 2 is 1.79 bits per heavy atom. The van der Waals surface area contributed by atoms with Crippen LogP contribution in [0.15, 0.2) is 65.7 Å². The van der Waals surface area contributed by atoms with Gasteiger partial charge in [-0.3, -0.25) is 8.99 Å². The van der Waals surface area contributed by atoms with Crippen LogP contribution in [0.1, 0.15) is 44.2 Å². The van der Waals surface area contributed by atoms with Gasteiger partial charge in [-0.05, 0) is 44.4 Å². The standard InChI is InChI=1S/C23H27N3O2S/c1-3-26(21-15-9-10-18(2)16-21)29(27,28)22-17-25(20-13-7-8-14-20)24-23(22)19-11-5-4-6-12-19/h4-6,9-12,15-17,20H,3,7-8,13-14H2,1-2H3. The van der Waals surface area contributed by atoms with Crippen molar-refractivity contribution < 1.29 is 8.42 Å². The zero-order valence-corrected chi connectivity index (χ0v) is 17.8. The Balaban J connectivity index is 1.85. The second-order valence-electron chi connectivity index (χ2n) is 7.64. The number of benzene rings is 2. The molecular formula is C23H27N3O2S. The Morgan fingerprint density at radius 3 is 2.45 bits per heavy atom. The van der Waals surface area contributed by atoms with Gasteiger partial charge in [-0.1, -0.05) is 55.3 Å². The maximum absolute atomic E-state index is 13.8. The van der Waals surface area contributed by atoms with Gasteiger partial charge in [0.1, 0.15) is 10.6 Å². The third-order valence-electron chi connectivity index (χ3n) is 5.59. The number of aromatic nitrogens is 2. The molecule has 0 bridgehead atoms. The van der Waals surface area contributed by atoms with Crippen molar-refractivity contribution in [2.75, 3.05) is 10.8 Å². The van der Waals surface area contributed by atoms with Crippen LogP contribution in [0.3, 0.4) is 0 Å². The molecule has 0 unspecified atom stereocenters. The lowest BCUT2D eigenvalue weighted by molar-refractivity contribution is 0.467. The molecule has 1 aliphatic carbocycles. The normalized spacial score (nSPS) is 15.0. The summed E-state index contributed by atoms with van der Waals surface area (Å²) in [5.74, 6) is 0. The third-order valence-corrected chi connectivity index (χ3v) is 7.49. The molecule has 2 aromatic carbocycles. The molecular weight excluding hydrogens is 382 g/mol. The van der Waals surface area contributed by atoms with E-state index in [1.165, 1.54) is 4.31 Å². The lowest BCUT2D eigenvalue weighted by Crippen LogP contribution is -2.31. The van der Waals surface area contributed by atoms with Crippen LogP contribution in [-0.4, -0.2) is 24.7 Å². The fourth-order valence-corrected chi connectivity index (χ4v) is 5.72. The summed E-state index contributed by atoms with van der Waals surface area (Å²) in [4.78, 5) is 0.277. The Bertz CT molecular complexity index is 1080. The van der Waals surface area contributed by atoms with Crippen molar-refractivity contribution in [3.8, 4) is 11.3 Å². The molecule has 1 aromatic heterocycles. The van der Waals surface area contributed by atoms with E-state index in [-0.39, 0.29) is 10.9 Å². The highest BCUT2D eigenvalue weighted by Gasteiger charge is 2.31. The maximum atomic E-state index is 13.8. The summed E-state index contributed by atoms with van der Waals surface area (Å²) in [6, 6.07) is 17.5. The number of anilines is 1. The van der Waals surface area contributed by atoms with Crippen molar-refractivity contribution in [2.24, 2.45) is 0 Å². The van der Waals surface area contributed by atoms with Gasteiger partial charge in [-0.25, -0.2) is 8.42 Å². The van der Waals surface area contributed by atoms with E-state index < -0.39 is 10.0 Å². The van der Waals surface area contributed by atoms with Crippen molar-refractivity contribution >= 4 is 15.7 Å². The first-order valence-electron chi connectivity index (χ1n) is 10.2. The second kappa shape index (κ2) is 8.03. The van der Waals surface area contributed by atoms with Gasteiger partial charge in [0.25, 0.3) is 10.0 Å². The van der Waals surface area contributed by atoms with E-state index in [1.807, 2.05) is 73.1 Å². The molecule has 0 amide bonds. The number of sulfonamides is 1. The Kier molecular flexibility index (Phi) is 5.46. The minimum atomic E-state index is -3.76. The van der Waals surface area contributed by atoms with Crippen LogP contribution in [0, 0.1) is 6.92 Å². The van der Waals surface area contributed by atoms with Crippen LogP contribution in [0.25, 0.3) is 11.3 Å². The van der Waals surface area contributed by atoms with Crippen molar-refractivity contribution in [1.29, 1.82) is 0 Å². The van der Waals surface area contributed by atoms with E-state index in [0.717, 1.165) is 36.8 Å². The van der Waals surface area contributed by atoms with E-state index >= 15 is 0 Å². The highest BCUT2D eigenvalue weighted by atomic mass is 32.2. The largest absolute Gasteiger partial charge is 0.268 e. The molecule has 1 aliphatic rings. The van der Waals surface area contributed by atoms with Crippen molar-refractivity contribution in [3.63, 3.8) is 0 Å². The van der Waals surface area contributed by atoms with E-state index in [4.69, 9.17) is 5.10 Å². The molecule has 1 heterocycles. The summed E-state index contributed by atoms with van der Waals surface area (Å²) in [6.07, 6.45) is 6.16. The lowest BCUT2D eigenvalue weighted by Gasteiger charge is -2.23. The van der Waals surface area contributed by atoms with E-state index in [0.29, 0.717) is 17.9 Å². The summed E-state index contributed by atoms with van der Waals surface area (Å²) < 4.78 is 30.9. The van der Waals surface area contributed by atoms with Gasteiger partial charge in [-0.2, -0.15) is 5.10 Å². The Hall–Kier alpha value is -2.60. The molecule has 152 valence electrons. The molecule has 0 aliphatic heterocycles. The number of rotatable bonds is 6. The Labute approximate surface area is 173 Å². The monoisotopic (exact) mass is 409 g/mol. The summed E-state index contributed by atoms with van der Waals surface area (Å²) in [7, 11) is -3.76. The van der Waals surface area contributed by atoms with Crippen LogP contribution in [0.4, 0.5) is 5.69 Å². The van der Waals surface area contributed by atoms with Crippen LogP contribution in [0.5, 0.6) is 0 Å². The summed E-state index contributed by atoms with van der Waals surface area (Å²) in [6.45, 7) is 4.19. The smallest absolute Gasteiger partial charge is 0.268 e. The minimum Gasteiger partial charge on any atom is -0.268 e. The fraction of sp³-hybridized carbons (Fsp3) is 0.348. The van der Waals surface area contributed by atoms with Crippen molar-refractivity contribution in [3.05, 3.63) is 66.4 Å². The number of aryl methyl sites for hydroxylation is 1. The van der Waals surface area contributed by atoms with E-state index in [1.54, 1.807) is 6.20 Å². The van der Waals surface area contributed by atoms with Gasteiger partial charge in [0.15, 0.2) is 0 Å². The zero-order chi connectivity index (χ0) is 20.4. The molecule has 4 rings (SSSR count). The predicted molar refractivity (Wildman–Crippen MR) is 117 cm³/mol. The zero-order valence-electron chi connectivity index (χ0n) is 17.0. The first kappa shape index (κ1) is 19.7. The number of hydrogen-bond donors (Lipinski definition) is 0. The van der Waals surface area contributed by atoms with Gasteiger partial charge < -0.3 is 0 Å². The van der Waals surface area contributed by atoms with E-state index in [2.05, 4.69) is 0 Å². The van der Waals surface area contributed by atoms with Crippen LogP contribution < -0.4 is 4.31 Å². The minimum absolute atomic E-state index is 0.274. The highest BCUT2D eigenvalue weighted by Crippen LogP contribution is 2.35. The maximum Gasteiger partial charge on any atom is 0.268 e. The SMILES string of the molecule is CCN(c1cccc(C)c1)S(=O)(=O)c1cn(C2CCCC2)nc1-c1ccccc1. The highest BCUT2D eigenvalue weighted by molar-refractivity contribution is 7.93. The summed E-state index contributed by atoms with van der Waals surface area (Å²) >= 11 is 0. The lowest BCUT2D eigenvalue weighted by atomic mass is 10.2. The molecule has 5 nitrogen and oxygen atoms in total. The molecule has 1 saturated carbocycles. The van der Waals surface area contributed by atoms with Gasteiger partial charge in [-0.15, -0.1) is 0 Å². The second-order valence-corrected chi connectivity index (χ2v) is 9.47. The molecule has 0 saturated heterocycles. The molecule has 0 spiro atoms. The molecule has 0 atom stereocenters. The third kappa shape index (κ3) is 3.81. The van der Waals surface area contributed by atoms with Crippen molar-refractivity contribution in [2.45, 2.75) is 50.5 Å². The molecule has 3 aromatic rings. The Morgan fingerprint density at radius 1 is 1.07 bits per heavy atom.